The molecule has 3 unspecified atom stereocenters. The normalized spacial score (nSPS) is 14.9. The van der Waals surface area contributed by atoms with Crippen LogP contribution in [0.5, 0.6) is 0 Å². The number of rotatable bonds is 5. The van der Waals surface area contributed by atoms with E-state index in [1.165, 1.54) is 0 Å². The maximum absolute atomic E-state index is 12.0. The Morgan fingerprint density at radius 1 is 1.00 bits per heavy atom. The maximum atomic E-state index is 12.0. The SMILES string of the molecule is NC(Cc1ccccc1)C(F)(F)F.O=C(O)C(O)C(O)C(=O)O. The number of benzene rings is 1. The molecule has 0 radical (unpaired) electrons. The molecule has 1 rings (SSSR count). The number of nitrogens with two attached hydrogens (primary N) is 1. The molecule has 3 atom stereocenters. The van der Waals surface area contributed by atoms with Crippen molar-refractivity contribution in [2.45, 2.75) is 30.8 Å². The van der Waals surface area contributed by atoms with Crippen LogP contribution in [0.25, 0.3) is 0 Å². The van der Waals surface area contributed by atoms with Crippen LogP contribution in [-0.2, 0) is 16.0 Å². The number of carbonyl (C=O) groups is 2. The highest BCUT2D eigenvalue weighted by atomic mass is 19.4. The van der Waals surface area contributed by atoms with Crippen molar-refractivity contribution in [3.8, 4) is 0 Å². The van der Waals surface area contributed by atoms with Gasteiger partial charge in [-0.05, 0) is 12.0 Å². The Kier molecular flexibility index (Phi) is 8.22. The molecule has 130 valence electrons. The fourth-order valence-corrected chi connectivity index (χ4v) is 1.25. The molecule has 10 heteroatoms. The summed E-state index contributed by atoms with van der Waals surface area (Å²) in [5.74, 6) is -3.54. The molecule has 0 saturated carbocycles. The van der Waals surface area contributed by atoms with Gasteiger partial charge in [0.1, 0.15) is 6.04 Å². The van der Waals surface area contributed by atoms with Crippen LogP contribution in [0.15, 0.2) is 30.3 Å². The van der Waals surface area contributed by atoms with E-state index in [4.69, 9.17) is 26.2 Å². The maximum Gasteiger partial charge on any atom is 0.403 e. The van der Waals surface area contributed by atoms with Gasteiger partial charge in [0.2, 0.25) is 0 Å². The van der Waals surface area contributed by atoms with Crippen molar-refractivity contribution in [1.82, 2.24) is 0 Å². The van der Waals surface area contributed by atoms with Gasteiger partial charge < -0.3 is 26.2 Å². The van der Waals surface area contributed by atoms with Crippen molar-refractivity contribution in [3.05, 3.63) is 35.9 Å². The molecule has 0 spiro atoms. The molecule has 6 N–H and O–H groups in total. The summed E-state index contributed by atoms with van der Waals surface area (Å²) in [6.07, 6.45) is -9.00. The standard InChI is InChI=1S/C9H10F3N.C4H6O6/c10-9(11,12)8(13)6-7-4-2-1-3-5-7;5-1(3(7)8)2(6)4(9)10/h1-5,8H,6,13H2;1-2,5-6H,(H,7,8)(H,9,10). The molecular weight excluding hydrogens is 323 g/mol. The summed E-state index contributed by atoms with van der Waals surface area (Å²) in [5, 5.41) is 32.5. The van der Waals surface area contributed by atoms with Gasteiger partial charge in [-0.2, -0.15) is 13.2 Å². The lowest BCUT2D eigenvalue weighted by atomic mass is 10.1. The second kappa shape index (κ2) is 9.08. The van der Waals surface area contributed by atoms with Crippen LogP contribution in [0.4, 0.5) is 13.2 Å². The van der Waals surface area contributed by atoms with Gasteiger partial charge >= 0.3 is 18.1 Å². The Balaban J connectivity index is 0.000000438. The molecule has 0 amide bonds. The molecule has 0 aliphatic rings. The van der Waals surface area contributed by atoms with E-state index in [2.05, 4.69) is 0 Å². The lowest BCUT2D eigenvalue weighted by Gasteiger charge is -2.14. The molecule has 0 heterocycles. The number of aliphatic hydroxyl groups is 2. The predicted octanol–water partition coefficient (Wildman–Crippen LogP) is -0.00390. The minimum Gasteiger partial charge on any atom is -0.479 e. The van der Waals surface area contributed by atoms with Crippen LogP contribution in [-0.4, -0.2) is 56.8 Å². The number of carboxylic acid groups (broad SMARTS) is 2. The van der Waals surface area contributed by atoms with Crippen LogP contribution in [0.3, 0.4) is 0 Å². The smallest absolute Gasteiger partial charge is 0.403 e. The highest BCUT2D eigenvalue weighted by Crippen LogP contribution is 2.21. The molecule has 1 aromatic carbocycles. The Hall–Kier alpha value is -2.17. The average molecular weight is 339 g/mol. The van der Waals surface area contributed by atoms with Gasteiger partial charge in [-0.1, -0.05) is 30.3 Å². The van der Waals surface area contributed by atoms with Crippen molar-refractivity contribution >= 4 is 11.9 Å². The van der Waals surface area contributed by atoms with Gasteiger partial charge in [-0.15, -0.1) is 0 Å². The molecule has 0 aliphatic heterocycles. The minimum absolute atomic E-state index is 0.162. The average Bonchev–Trinajstić information content (AvgIpc) is 2.46. The van der Waals surface area contributed by atoms with Crippen LogP contribution in [0.2, 0.25) is 0 Å². The number of aliphatic hydroxyl groups excluding tert-OH is 2. The lowest BCUT2D eigenvalue weighted by Crippen LogP contribution is -2.39. The number of aliphatic carboxylic acids is 2. The van der Waals surface area contributed by atoms with E-state index in [-0.39, 0.29) is 6.42 Å². The fraction of sp³-hybridized carbons (Fsp3) is 0.385. The molecule has 0 aliphatic carbocycles. The molecular formula is C13H16F3NO6. The van der Waals surface area contributed by atoms with Crippen LogP contribution in [0, 0.1) is 0 Å². The molecule has 23 heavy (non-hydrogen) atoms. The van der Waals surface area contributed by atoms with E-state index in [0.29, 0.717) is 5.56 Å². The lowest BCUT2D eigenvalue weighted by molar-refractivity contribution is -0.165. The third-order valence-electron chi connectivity index (χ3n) is 2.52. The summed E-state index contributed by atoms with van der Waals surface area (Å²) < 4.78 is 36.0. The summed E-state index contributed by atoms with van der Waals surface area (Å²) in [7, 11) is 0. The molecule has 0 aromatic heterocycles. The van der Waals surface area contributed by atoms with E-state index < -0.39 is 36.4 Å². The van der Waals surface area contributed by atoms with Crippen molar-refractivity contribution in [2.24, 2.45) is 5.73 Å². The minimum atomic E-state index is -4.31. The predicted molar refractivity (Wildman–Crippen MR) is 71.5 cm³/mol. The highest BCUT2D eigenvalue weighted by molar-refractivity contribution is 5.83. The number of hydrogen-bond donors (Lipinski definition) is 5. The van der Waals surface area contributed by atoms with Crippen molar-refractivity contribution in [1.29, 1.82) is 0 Å². The topological polar surface area (TPSA) is 141 Å². The summed E-state index contributed by atoms with van der Waals surface area (Å²) in [4.78, 5) is 19.5. The molecule has 7 nitrogen and oxygen atoms in total. The van der Waals surface area contributed by atoms with E-state index in [1.807, 2.05) is 0 Å². The Morgan fingerprint density at radius 3 is 1.70 bits per heavy atom. The number of carboxylic acids is 2. The zero-order valence-corrected chi connectivity index (χ0v) is 11.6. The van der Waals surface area contributed by atoms with Gasteiger partial charge in [-0.25, -0.2) is 9.59 Å². The van der Waals surface area contributed by atoms with Crippen molar-refractivity contribution in [2.75, 3.05) is 0 Å². The highest BCUT2D eigenvalue weighted by Gasteiger charge is 2.36. The van der Waals surface area contributed by atoms with Crippen molar-refractivity contribution in [3.63, 3.8) is 0 Å². The fourth-order valence-electron chi connectivity index (χ4n) is 1.25. The zero-order valence-electron chi connectivity index (χ0n) is 11.6. The Labute approximate surface area is 128 Å². The van der Waals surface area contributed by atoms with Gasteiger partial charge in [0, 0.05) is 0 Å². The third kappa shape index (κ3) is 8.14. The van der Waals surface area contributed by atoms with Gasteiger partial charge in [-0.3, -0.25) is 0 Å². The number of halogens is 3. The van der Waals surface area contributed by atoms with Gasteiger partial charge in [0.05, 0.1) is 0 Å². The third-order valence-corrected chi connectivity index (χ3v) is 2.52. The monoisotopic (exact) mass is 339 g/mol. The quantitative estimate of drug-likeness (QED) is 0.508. The van der Waals surface area contributed by atoms with E-state index in [1.54, 1.807) is 30.3 Å². The van der Waals surface area contributed by atoms with Gasteiger partial charge in [0.15, 0.2) is 12.2 Å². The zero-order chi connectivity index (χ0) is 18.2. The summed E-state index contributed by atoms with van der Waals surface area (Å²) in [6, 6.07) is 6.63. The first-order valence-corrected chi connectivity index (χ1v) is 6.14. The number of hydrogen-bond acceptors (Lipinski definition) is 5. The van der Waals surface area contributed by atoms with E-state index in [9.17, 15) is 22.8 Å². The second-order valence-electron chi connectivity index (χ2n) is 4.40. The first-order chi connectivity index (χ1) is 10.5. The van der Waals surface area contributed by atoms with Crippen LogP contribution < -0.4 is 5.73 Å². The molecule has 0 saturated heterocycles. The summed E-state index contributed by atoms with van der Waals surface area (Å²) in [5.41, 5.74) is 5.56. The largest absolute Gasteiger partial charge is 0.479 e. The van der Waals surface area contributed by atoms with Crippen LogP contribution >= 0.6 is 0 Å². The van der Waals surface area contributed by atoms with Crippen molar-refractivity contribution < 1.29 is 43.2 Å². The molecule has 0 fully saturated rings. The molecule has 1 aromatic rings. The Bertz CT molecular complexity index is 490. The van der Waals surface area contributed by atoms with Crippen LogP contribution in [0.1, 0.15) is 5.56 Å². The summed E-state index contributed by atoms with van der Waals surface area (Å²) in [6.45, 7) is 0. The van der Waals surface area contributed by atoms with E-state index >= 15 is 0 Å². The number of alkyl halides is 3. The van der Waals surface area contributed by atoms with E-state index in [0.717, 1.165) is 0 Å². The first kappa shape index (κ1) is 20.8. The second-order valence-corrected chi connectivity index (χ2v) is 4.40. The molecule has 0 bridgehead atoms. The Morgan fingerprint density at radius 2 is 1.39 bits per heavy atom. The van der Waals surface area contributed by atoms with Gasteiger partial charge in [0.25, 0.3) is 0 Å². The summed E-state index contributed by atoms with van der Waals surface area (Å²) >= 11 is 0. The first-order valence-electron chi connectivity index (χ1n) is 6.14.